The van der Waals surface area contributed by atoms with E-state index < -0.39 is 6.29 Å². The highest BCUT2D eigenvalue weighted by atomic mass is 16.7. The summed E-state index contributed by atoms with van der Waals surface area (Å²) in [6, 6.07) is 5.85. The molecular formula is C25H32N4O3. The number of carbonyl (C=O) groups excluding carboxylic acids is 1. The third-order valence-corrected chi connectivity index (χ3v) is 6.14. The number of benzene rings is 1. The van der Waals surface area contributed by atoms with Crippen molar-refractivity contribution >= 4 is 23.5 Å². The molecule has 1 aromatic rings. The second kappa shape index (κ2) is 9.43. The number of anilines is 1. The zero-order chi connectivity index (χ0) is 22.7. The van der Waals surface area contributed by atoms with Crippen LogP contribution in [0.1, 0.15) is 50.7 Å². The number of rotatable bonds is 6. The highest BCUT2D eigenvalue weighted by Crippen LogP contribution is 2.48. The van der Waals surface area contributed by atoms with Crippen molar-refractivity contribution in [1.29, 1.82) is 0 Å². The number of aryl methyl sites for hydroxylation is 1. The number of hydrogen-bond donors (Lipinski definition) is 1. The Morgan fingerprint density at radius 3 is 2.62 bits per heavy atom. The molecule has 4 rings (SSSR count). The molecule has 7 nitrogen and oxygen atoms in total. The maximum Gasteiger partial charge on any atom is 0.280 e. The molecule has 1 aromatic carbocycles. The van der Waals surface area contributed by atoms with Gasteiger partial charge in [0.25, 0.3) is 5.91 Å². The van der Waals surface area contributed by atoms with E-state index in [4.69, 9.17) is 15.3 Å². The van der Waals surface area contributed by atoms with Gasteiger partial charge >= 0.3 is 0 Å². The smallest absolute Gasteiger partial charge is 0.280 e. The standard InChI is InChI=1S/C25H32N4O3/c1-17(2)29(22-12-20(5-4-18(22)3)9-8-19-6-7-19)24(30)21(28-26)13-27-14-23-31-15-25(10-11-25)16-32-23/h4-5,12-13,17,19,23H,6-7,10-11,14-16,26H2,1-3H3/b27-13?,28-21+. The van der Waals surface area contributed by atoms with Crippen LogP contribution in [0.25, 0.3) is 0 Å². The number of amides is 1. The summed E-state index contributed by atoms with van der Waals surface area (Å²) in [5.74, 6) is 12.3. The van der Waals surface area contributed by atoms with Gasteiger partial charge in [-0.15, -0.1) is 0 Å². The van der Waals surface area contributed by atoms with Gasteiger partial charge in [-0.25, -0.2) is 0 Å². The average Bonchev–Trinajstić information content (AvgIpc) is 3.70. The molecule has 3 aliphatic rings. The van der Waals surface area contributed by atoms with Crippen molar-refractivity contribution in [2.24, 2.45) is 27.3 Å². The molecule has 2 aliphatic carbocycles. The van der Waals surface area contributed by atoms with Gasteiger partial charge in [0.05, 0.1) is 26.0 Å². The van der Waals surface area contributed by atoms with Crippen molar-refractivity contribution in [3.05, 3.63) is 29.3 Å². The summed E-state index contributed by atoms with van der Waals surface area (Å²) in [4.78, 5) is 19.4. The topological polar surface area (TPSA) is 89.5 Å². The van der Waals surface area contributed by atoms with Crippen molar-refractivity contribution in [3.8, 4) is 11.8 Å². The monoisotopic (exact) mass is 436 g/mol. The Labute approximate surface area is 190 Å². The van der Waals surface area contributed by atoms with Gasteiger partial charge in [-0.2, -0.15) is 5.10 Å². The number of carbonyl (C=O) groups is 1. The Bertz CT molecular complexity index is 971. The number of hydrogen-bond acceptors (Lipinski definition) is 6. The van der Waals surface area contributed by atoms with E-state index >= 15 is 0 Å². The van der Waals surface area contributed by atoms with Gasteiger partial charge in [-0.3, -0.25) is 9.79 Å². The minimum absolute atomic E-state index is 0.0852. The summed E-state index contributed by atoms with van der Waals surface area (Å²) in [6.07, 6.45) is 5.71. The fourth-order valence-electron chi connectivity index (χ4n) is 3.67. The zero-order valence-electron chi connectivity index (χ0n) is 19.1. The summed E-state index contributed by atoms with van der Waals surface area (Å²) >= 11 is 0. The molecule has 32 heavy (non-hydrogen) atoms. The van der Waals surface area contributed by atoms with Crippen molar-refractivity contribution in [3.63, 3.8) is 0 Å². The van der Waals surface area contributed by atoms with Gasteiger partial charge in [0.2, 0.25) is 0 Å². The number of aliphatic imine (C=N–C) groups is 1. The molecule has 1 amide bonds. The SMILES string of the molecule is Cc1ccc(C#CC2CC2)cc1N(C(=O)/C(C=NCC1OCC2(CC2)CO1)=N/N)C(C)C. The van der Waals surface area contributed by atoms with Crippen LogP contribution in [0.3, 0.4) is 0 Å². The molecule has 1 saturated heterocycles. The van der Waals surface area contributed by atoms with E-state index in [1.807, 2.05) is 39.0 Å². The molecule has 3 fully saturated rings. The van der Waals surface area contributed by atoms with E-state index in [0.717, 1.165) is 16.8 Å². The van der Waals surface area contributed by atoms with Crippen LogP contribution in [0.5, 0.6) is 0 Å². The van der Waals surface area contributed by atoms with Crippen LogP contribution in [0.2, 0.25) is 0 Å². The largest absolute Gasteiger partial charge is 0.350 e. The summed E-state index contributed by atoms with van der Waals surface area (Å²) in [5, 5.41) is 3.72. The Morgan fingerprint density at radius 1 is 1.31 bits per heavy atom. The normalized spacial score (nSPS) is 20.4. The first-order chi connectivity index (χ1) is 15.4. The summed E-state index contributed by atoms with van der Waals surface area (Å²) in [6.45, 7) is 7.63. The van der Waals surface area contributed by atoms with Crippen LogP contribution in [0.15, 0.2) is 28.3 Å². The molecule has 2 saturated carbocycles. The van der Waals surface area contributed by atoms with Crippen LogP contribution in [0.4, 0.5) is 5.69 Å². The van der Waals surface area contributed by atoms with E-state index in [9.17, 15) is 4.79 Å². The molecule has 0 aromatic heterocycles. The van der Waals surface area contributed by atoms with Gasteiger partial charge in [0, 0.05) is 28.6 Å². The lowest BCUT2D eigenvalue weighted by Gasteiger charge is -2.29. The molecule has 2 N–H and O–H groups in total. The predicted molar refractivity (Wildman–Crippen MR) is 126 cm³/mol. The first kappa shape index (κ1) is 22.5. The third-order valence-electron chi connectivity index (χ3n) is 6.14. The van der Waals surface area contributed by atoms with E-state index in [2.05, 4.69) is 21.9 Å². The molecule has 7 heteroatoms. The van der Waals surface area contributed by atoms with Crippen molar-refractivity contribution < 1.29 is 14.3 Å². The molecule has 0 bridgehead atoms. The van der Waals surface area contributed by atoms with Crippen LogP contribution in [-0.2, 0) is 14.3 Å². The summed E-state index contributed by atoms with van der Waals surface area (Å²) in [7, 11) is 0. The van der Waals surface area contributed by atoms with Crippen LogP contribution in [-0.4, -0.2) is 49.9 Å². The highest BCUT2D eigenvalue weighted by Gasteiger charge is 2.46. The number of nitrogens with zero attached hydrogens (tertiary/aromatic N) is 3. The maximum absolute atomic E-state index is 13.4. The molecule has 0 atom stereocenters. The van der Waals surface area contributed by atoms with Gasteiger partial charge in [-0.05, 0) is 64.2 Å². The number of hydrazone groups is 1. The maximum atomic E-state index is 13.4. The van der Waals surface area contributed by atoms with Crippen molar-refractivity contribution in [2.75, 3.05) is 24.7 Å². The Morgan fingerprint density at radius 2 is 2.03 bits per heavy atom. The number of ether oxygens (including phenoxy) is 2. The van der Waals surface area contributed by atoms with Crippen molar-refractivity contribution in [2.45, 2.75) is 58.8 Å². The second-order valence-electron chi connectivity index (χ2n) is 9.37. The quantitative estimate of drug-likeness (QED) is 0.321. The van der Waals surface area contributed by atoms with Gasteiger partial charge < -0.3 is 20.2 Å². The molecule has 1 spiro atoms. The van der Waals surface area contributed by atoms with Gasteiger partial charge in [0.15, 0.2) is 12.0 Å². The van der Waals surface area contributed by atoms with Crippen molar-refractivity contribution in [1.82, 2.24) is 0 Å². The van der Waals surface area contributed by atoms with Crippen LogP contribution >= 0.6 is 0 Å². The predicted octanol–water partition coefficient (Wildman–Crippen LogP) is 3.04. The third kappa shape index (κ3) is 5.37. The van der Waals surface area contributed by atoms with Crippen LogP contribution < -0.4 is 10.7 Å². The lowest BCUT2D eigenvalue weighted by Crippen LogP contribution is -2.43. The first-order valence-corrected chi connectivity index (χ1v) is 11.4. The average molecular weight is 437 g/mol. The highest BCUT2D eigenvalue weighted by molar-refractivity contribution is 6.63. The van der Waals surface area contributed by atoms with Crippen LogP contribution in [0, 0.1) is 30.1 Å². The minimum Gasteiger partial charge on any atom is -0.350 e. The molecule has 170 valence electrons. The zero-order valence-corrected chi connectivity index (χ0v) is 19.1. The lowest BCUT2D eigenvalue weighted by molar-refractivity contribution is -0.201. The van der Waals surface area contributed by atoms with E-state index in [0.29, 0.717) is 25.7 Å². The van der Waals surface area contributed by atoms with Gasteiger partial charge in [0.1, 0.15) is 0 Å². The van der Waals surface area contributed by atoms with E-state index in [1.165, 1.54) is 31.9 Å². The Hall–Kier alpha value is -2.69. The van der Waals surface area contributed by atoms with E-state index in [1.54, 1.807) is 4.90 Å². The van der Waals surface area contributed by atoms with Gasteiger partial charge in [-0.1, -0.05) is 17.9 Å². The van der Waals surface area contributed by atoms with E-state index in [-0.39, 0.29) is 23.1 Å². The molecule has 1 heterocycles. The molecule has 0 unspecified atom stereocenters. The summed E-state index contributed by atoms with van der Waals surface area (Å²) < 4.78 is 11.5. The molecule has 1 aliphatic heterocycles. The molecule has 0 radical (unpaired) electrons. The number of nitrogens with two attached hydrogens (primary N) is 1. The summed E-state index contributed by atoms with van der Waals surface area (Å²) in [5.41, 5.74) is 3.01. The second-order valence-corrected chi connectivity index (χ2v) is 9.37. The minimum atomic E-state index is -0.392. The Kier molecular flexibility index (Phi) is 6.63. The first-order valence-electron chi connectivity index (χ1n) is 11.4. The fraction of sp³-hybridized carbons (Fsp3) is 0.560. The Balaban J connectivity index is 1.45. The molecular weight excluding hydrogens is 404 g/mol. The lowest BCUT2D eigenvalue weighted by atomic mass is 10.1. The fourth-order valence-corrected chi connectivity index (χ4v) is 3.67.